The fourth-order valence-corrected chi connectivity index (χ4v) is 1.50. The Balaban J connectivity index is 2.82. The summed E-state index contributed by atoms with van der Waals surface area (Å²) >= 11 is 0. The lowest BCUT2D eigenvalue weighted by Crippen LogP contribution is -2.14. The summed E-state index contributed by atoms with van der Waals surface area (Å²) < 4.78 is 21.6. The largest absolute Gasteiger partial charge is 0.293 e. The van der Waals surface area contributed by atoms with E-state index in [1.165, 1.54) is 24.5 Å². The number of hydrogen-bond acceptors (Lipinski definition) is 4. The molecule has 5 heteroatoms. The van der Waals surface area contributed by atoms with Crippen LogP contribution in [-0.4, -0.2) is 31.2 Å². The van der Waals surface area contributed by atoms with Gasteiger partial charge in [0.15, 0.2) is 15.6 Å². The van der Waals surface area contributed by atoms with Gasteiger partial charge in [-0.15, -0.1) is 0 Å². The average Bonchev–Trinajstić information content (AvgIpc) is 2.03. The minimum absolute atomic E-state index is 0.375. The quantitative estimate of drug-likeness (QED) is 0.657. The first-order chi connectivity index (χ1) is 5.99. The molecule has 70 valence electrons. The summed E-state index contributed by atoms with van der Waals surface area (Å²) in [4.78, 5) is 15.0. The second kappa shape index (κ2) is 3.66. The van der Waals surface area contributed by atoms with E-state index in [2.05, 4.69) is 4.98 Å². The van der Waals surface area contributed by atoms with Gasteiger partial charge in [0.1, 0.15) is 5.75 Å². The molecule has 0 saturated heterocycles. The molecule has 1 aromatic heterocycles. The monoisotopic (exact) mass is 199 g/mol. The molecule has 13 heavy (non-hydrogen) atoms. The standard InChI is InChI=1S/C8H9NO3S/c1-13(11,12)6-8(10)7-2-4-9-5-3-7/h2-5H,6H2,1H3. The third-order valence-corrected chi connectivity index (χ3v) is 2.18. The van der Waals surface area contributed by atoms with Crippen molar-refractivity contribution in [2.75, 3.05) is 12.0 Å². The Hall–Kier alpha value is -1.23. The number of rotatable bonds is 3. The highest BCUT2D eigenvalue weighted by molar-refractivity contribution is 7.91. The highest BCUT2D eigenvalue weighted by Gasteiger charge is 2.12. The Morgan fingerprint density at radius 3 is 2.38 bits per heavy atom. The van der Waals surface area contributed by atoms with Crippen LogP contribution in [0, 0.1) is 0 Å². The zero-order valence-corrected chi connectivity index (χ0v) is 7.91. The van der Waals surface area contributed by atoms with Gasteiger partial charge < -0.3 is 0 Å². The minimum Gasteiger partial charge on any atom is -0.293 e. The van der Waals surface area contributed by atoms with Crippen molar-refractivity contribution < 1.29 is 13.2 Å². The number of carbonyl (C=O) groups excluding carboxylic acids is 1. The Morgan fingerprint density at radius 2 is 1.92 bits per heavy atom. The molecule has 0 aliphatic rings. The van der Waals surface area contributed by atoms with E-state index >= 15 is 0 Å². The Bertz CT molecular complexity index is 397. The van der Waals surface area contributed by atoms with Gasteiger partial charge >= 0.3 is 0 Å². The number of Topliss-reactive ketones (excluding diaryl/α,β-unsaturated/α-hetero) is 1. The maximum absolute atomic E-state index is 11.3. The summed E-state index contributed by atoms with van der Waals surface area (Å²) in [5, 5.41) is 0. The van der Waals surface area contributed by atoms with E-state index in [9.17, 15) is 13.2 Å². The fraction of sp³-hybridized carbons (Fsp3) is 0.250. The van der Waals surface area contributed by atoms with E-state index in [-0.39, 0.29) is 0 Å². The number of pyridine rings is 1. The number of aromatic nitrogens is 1. The molecule has 0 bridgehead atoms. The van der Waals surface area contributed by atoms with Gasteiger partial charge in [-0.1, -0.05) is 0 Å². The van der Waals surface area contributed by atoms with Crippen molar-refractivity contribution in [1.29, 1.82) is 0 Å². The summed E-state index contributed by atoms with van der Waals surface area (Å²) in [5.41, 5.74) is 0.375. The van der Waals surface area contributed by atoms with Gasteiger partial charge in [0.05, 0.1) is 0 Å². The van der Waals surface area contributed by atoms with Crippen molar-refractivity contribution in [1.82, 2.24) is 4.98 Å². The van der Waals surface area contributed by atoms with Crippen molar-refractivity contribution in [3.8, 4) is 0 Å². The maximum atomic E-state index is 11.3. The van der Waals surface area contributed by atoms with Crippen molar-refractivity contribution >= 4 is 15.6 Å². The summed E-state index contributed by atoms with van der Waals surface area (Å²) in [6, 6.07) is 2.99. The molecule has 0 amide bonds. The topological polar surface area (TPSA) is 64.1 Å². The van der Waals surface area contributed by atoms with Crippen LogP contribution in [0.3, 0.4) is 0 Å². The molecule has 0 unspecified atom stereocenters. The number of sulfone groups is 1. The van der Waals surface area contributed by atoms with E-state index in [4.69, 9.17) is 0 Å². The lowest BCUT2D eigenvalue weighted by Gasteiger charge is -1.97. The molecule has 0 N–H and O–H groups in total. The second-order valence-corrected chi connectivity index (χ2v) is 4.87. The van der Waals surface area contributed by atoms with Gasteiger partial charge in [0, 0.05) is 24.2 Å². The maximum Gasteiger partial charge on any atom is 0.177 e. The van der Waals surface area contributed by atoms with E-state index in [0.29, 0.717) is 5.56 Å². The molecule has 0 radical (unpaired) electrons. The SMILES string of the molecule is CS(=O)(=O)CC(=O)c1ccncc1. The minimum atomic E-state index is -3.24. The molecule has 4 nitrogen and oxygen atoms in total. The molecule has 0 saturated carbocycles. The first kappa shape index (κ1) is 9.85. The van der Waals surface area contributed by atoms with Crippen LogP contribution in [-0.2, 0) is 9.84 Å². The Kier molecular flexibility index (Phi) is 2.77. The van der Waals surface area contributed by atoms with E-state index in [1.54, 1.807) is 0 Å². The first-order valence-electron chi connectivity index (χ1n) is 3.60. The normalized spacial score (nSPS) is 11.2. The van der Waals surface area contributed by atoms with Gasteiger partial charge in [0.2, 0.25) is 0 Å². The van der Waals surface area contributed by atoms with Crippen LogP contribution in [0.5, 0.6) is 0 Å². The number of hydrogen-bond donors (Lipinski definition) is 0. The lowest BCUT2D eigenvalue weighted by molar-refractivity contribution is 0.102. The van der Waals surface area contributed by atoms with E-state index in [0.717, 1.165) is 6.26 Å². The smallest absolute Gasteiger partial charge is 0.177 e. The van der Waals surface area contributed by atoms with Gasteiger partial charge in [-0.3, -0.25) is 9.78 Å². The van der Waals surface area contributed by atoms with Crippen LogP contribution in [0.25, 0.3) is 0 Å². The second-order valence-electron chi connectivity index (χ2n) is 2.73. The predicted octanol–water partition coefficient (Wildman–Crippen LogP) is 0.309. The van der Waals surface area contributed by atoms with Gasteiger partial charge in [-0.25, -0.2) is 8.42 Å². The molecule has 0 aliphatic heterocycles. The molecular weight excluding hydrogens is 190 g/mol. The zero-order valence-electron chi connectivity index (χ0n) is 7.10. The van der Waals surface area contributed by atoms with E-state index in [1.807, 2.05) is 0 Å². The van der Waals surface area contributed by atoms with Crippen LogP contribution in [0.2, 0.25) is 0 Å². The van der Waals surface area contributed by atoms with Crippen LogP contribution in [0.4, 0.5) is 0 Å². The van der Waals surface area contributed by atoms with Crippen molar-refractivity contribution in [2.45, 2.75) is 0 Å². The highest BCUT2D eigenvalue weighted by Crippen LogP contribution is 1.99. The van der Waals surface area contributed by atoms with Crippen LogP contribution in [0.1, 0.15) is 10.4 Å². The van der Waals surface area contributed by atoms with Gasteiger partial charge in [0.25, 0.3) is 0 Å². The molecule has 1 rings (SSSR count). The van der Waals surface area contributed by atoms with Gasteiger partial charge in [-0.05, 0) is 12.1 Å². The van der Waals surface area contributed by atoms with Crippen LogP contribution >= 0.6 is 0 Å². The summed E-state index contributed by atoms with van der Waals surface area (Å²) in [6.07, 6.45) is 3.94. The third kappa shape index (κ3) is 3.33. The number of nitrogens with zero attached hydrogens (tertiary/aromatic N) is 1. The molecular formula is C8H9NO3S. The number of ketones is 1. The predicted molar refractivity (Wildman–Crippen MR) is 48.3 cm³/mol. The van der Waals surface area contributed by atoms with Gasteiger partial charge in [-0.2, -0.15) is 0 Å². The summed E-state index contributed by atoms with van der Waals surface area (Å²) in [6.45, 7) is 0. The van der Waals surface area contributed by atoms with E-state index < -0.39 is 21.4 Å². The first-order valence-corrected chi connectivity index (χ1v) is 5.66. The molecule has 0 fully saturated rings. The molecule has 0 aliphatic carbocycles. The molecule has 1 aromatic rings. The van der Waals surface area contributed by atoms with Crippen LogP contribution < -0.4 is 0 Å². The van der Waals surface area contributed by atoms with Crippen molar-refractivity contribution in [3.63, 3.8) is 0 Å². The molecule has 0 spiro atoms. The molecule has 0 aromatic carbocycles. The van der Waals surface area contributed by atoms with Crippen molar-refractivity contribution in [3.05, 3.63) is 30.1 Å². The third-order valence-electron chi connectivity index (χ3n) is 1.40. The molecule has 0 atom stereocenters. The van der Waals surface area contributed by atoms with Crippen LogP contribution in [0.15, 0.2) is 24.5 Å². The lowest BCUT2D eigenvalue weighted by atomic mass is 10.2. The average molecular weight is 199 g/mol. The molecule has 1 heterocycles. The van der Waals surface area contributed by atoms with Crippen molar-refractivity contribution in [2.24, 2.45) is 0 Å². The summed E-state index contributed by atoms with van der Waals surface area (Å²) in [5.74, 6) is -0.846. The Morgan fingerprint density at radius 1 is 1.38 bits per heavy atom. The number of carbonyl (C=O) groups is 1. The summed E-state index contributed by atoms with van der Waals surface area (Å²) in [7, 11) is -3.24. The fourth-order valence-electron chi connectivity index (χ4n) is 0.859. The zero-order chi connectivity index (χ0) is 9.90. The highest BCUT2D eigenvalue weighted by atomic mass is 32.2. The Labute approximate surface area is 76.5 Å².